The van der Waals surface area contributed by atoms with Crippen molar-refractivity contribution >= 4 is 0 Å². The molecule has 1 aromatic carbocycles. The van der Waals surface area contributed by atoms with E-state index in [9.17, 15) is 0 Å². The molecule has 1 N–H and O–H groups in total. The van der Waals surface area contributed by atoms with Gasteiger partial charge in [-0.05, 0) is 30.5 Å². The van der Waals surface area contributed by atoms with E-state index in [4.69, 9.17) is 4.74 Å². The SMILES string of the molecule is COc1ccc(C2(CN3CCNCC3)CCC2)cc1. The maximum Gasteiger partial charge on any atom is 0.118 e. The Kier molecular flexibility index (Phi) is 3.76. The minimum atomic E-state index is 0.406. The summed E-state index contributed by atoms with van der Waals surface area (Å²) in [5.74, 6) is 0.959. The second kappa shape index (κ2) is 5.51. The molecule has 1 aliphatic heterocycles. The number of benzene rings is 1. The van der Waals surface area contributed by atoms with Gasteiger partial charge in [0.1, 0.15) is 5.75 Å². The van der Waals surface area contributed by atoms with Gasteiger partial charge in [0, 0.05) is 38.1 Å². The van der Waals surface area contributed by atoms with Crippen LogP contribution in [0.25, 0.3) is 0 Å². The zero-order valence-electron chi connectivity index (χ0n) is 11.8. The lowest BCUT2D eigenvalue weighted by Crippen LogP contribution is -2.51. The quantitative estimate of drug-likeness (QED) is 0.896. The predicted octanol–water partition coefficient (Wildman–Crippen LogP) is 2.02. The number of ether oxygens (including phenoxy) is 1. The molecule has 0 unspecified atom stereocenters. The average Bonchev–Trinajstić information content (AvgIpc) is 2.44. The van der Waals surface area contributed by atoms with Crippen LogP contribution < -0.4 is 10.1 Å². The van der Waals surface area contributed by atoms with E-state index in [-0.39, 0.29) is 0 Å². The van der Waals surface area contributed by atoms with Crippen LogP contribution in [0.1, 0.15) is 24.8 Å². The molecule has 0 bridgehead atoms. The van der Waals surface area contributed by atoms with Gasteiger partial charge in [-0.1, -0.05) is 18.6 Å². The summed E-state index contributed by atoms with van der Waals surface area (Å²) in [4.78, 5) is 2.62. The largest absolute Gasteiger partial charge is 0.497 e. The topological polar surface area (TPSA) is 24.5 Å². The zero-order valence-corrected chi connectivity index (χ0v) is 11.8. The minimum absolute atomic E-state index is 0.406. The van der Waals surface area contributed by atoms with Gasteiger partial charge in [-0.3, -0.25) is 4.90 Å². The Bertz CT molecular complexity index is 405. The molecule has 2 aliphatic rings. The fourth-order valence-electron chi connectivity index (χ4n) is 3.38. The summed E-state index contributed by atoms with van der Waals surface area (Å²) in [5, 5.41) is 3.43. The lowest BCUT2D eigenvalue weighted by molar-refractivity contribution is 0.128. The lowest BCUT2D eigenvalue weighted by Gasteiger charge is -2.46. The van der Waals surface area contributed by atoms with E-state index < -0.39 is 0 Å². The molecule has 3 rings (SSSR count). The van der Waals surface area contributed by atoms with Crippen molar-refractivity contribution in [1.82, 2.24) is 10.2 Å². The molecule has 2 fully saturated rings. The second-order valence-electron chi connectivity index (χ2n) is 5.89. The second-order valence-corrected chi connectivity index (χ2v) is 5.89. The predicted molar refractivity (Wildman–Crippen MR) is 77.8 cm³/mol. The van der Waals surface area contributed by atoms with Crippen molar-refractivity contribution in [1.29, 1.82) is 0 Å². The van der Waals surface area contributed by atoms with Crippen LogP contribution in [0, 0.1) is 0 Å². The van der Waals surface area contributed by atoms with E-state index in [0.717, 1.165) is 18.8 Å². The summed E-state index contributed by atoms with van der Waals surface area (Å²) in [7, 11) is 1.73. The Morgan fingerprint density at radius 3 is 2.37 bits per heavy atom. The molecule has 1 saturated heterocycles. The van der Waals surface area contributed by atoms with Gasteiger partial charge in [0.05, 0.1) is 7.11 Å². The highest BCUT2D eigenvalue weighted by Crippen LogP contribution is 2.44. The molecule has 3 nitrogen and oxygen atoms in total. The van der Waals surface area contributed by atoms with E-state index in [0.29, 0.717) is 5.41 Å². The van der Waals surface area contributed by atoms with Crippen LogP contribution in [0.4, 0.5) is 0 Å². The molecule has 104 valence electrons. The first-order chi connectivity index (χ1) is 9.32. The molecule has 1 heterocycles. The standard InChI is InChI=1S/C16H24N2O/c1-19-15-5-3-14(4-6-15)16(7-2-8-16)13-18-11-9-17-10-12-18/h3-6,17H,2,7-13H2,1H3. The van der Waals surface area contributed by atoms with Gasteiger partial charge in [0.15, 0.2) is 0 Å². The number of nitrogens with one attached hydrogen (secondary N) is 1. The number of rotatable bonds is 4. The highest BCUT2D eigenvalue weighted by atomic mass is 16.5. The van der Waals surface area contributed by atoms with E-state index in [2.05, 4.69) is 34.5 Å². The van der Waals surface area contributed by atoms with Crippen LogP contribution in [-0.4, -0.2) is 44.7 Å². The van der Waals surface area contributed by atoms with Gasteiger partial charge >= 0.3 is 0 Å². The molecule has 0 aromatic heterocycles. The summed E-state index contributed by atoms with van der Waals surface area (Å²) < 4.78 is 5.26. The third kappa shape index (κ3) is 2.63. The normalized spacial score (nSPS) is 22.8. The molecule has 3 heteroatoms. The van der Waals surface area contributed by atoms with Crippen molar-refractivity contribution in [3.63, 3.8) is 0 Å². The maximum absolute atomic E-state index is 5.26. The summed E-state index contributed by atoms with van der Waals surface area (Å²) in [5.41, 5.74) is 1.90. The zero-order chi connectivity index (χ0) is 13.1. The van der Waals surface area contributed by atoms with Crippen LogP contribution in [0.3, 0.4) is 0 Å². The first-order valence-corrected chi connectivity index (χ1v) is 7.40. The Labute approximate surface area is 115 Å². The Morgan fingerprint density at radius 1 is 1.16 bits per heavy atom. The van der Waals surface area contributed by atoms with Crippen molar-refractivity contribution in [2.45, 2.75) is 24.7 Å². The summed E-state index contributed by atoms with van der Waals surface area (Å²) in [6.07, 6.45) is 4.05. The van der Waals surface area contributed by atoms with Crippen molar-refractivity contribution in [3.8, 4) is 5.75 Å². The summed E-state index contributed by atoms with van der Waals surface area (Å²) in [6, 6.07) is 8.74. The van der Waals surface area contributed by atoms with Gasteiger partial charge < -0.3 is 10.1 Å². The van der Waals surface area contributed by atoms with Crippen LogP contribution in [-0.2, 0) is 5.41 Å². The van der Waals surface area contributed by atoms with Gasteiger partial charge in [0.25, 0.3) is 0 Å². The van der Waals surface area contributed by atoms with E-state index in [1.807, 2.05) is 0 Å². The van der Waals surface area contributed by atoms with Gasteiger partial charge in [-0.2, -0.15) is 0 Å². The summed E-state index contributed by atoms with van der Waals surface area (Å²) >= 11 is 0. The molecule has 0 radical (unpaired) electrons. The van der Waals surface area contributed by atoms with Crippen LogP contribution in [0.5, 0.6) is 5.75 Å². The molecular formula is C16H24N2O. The molecular weight excluding hydrogens is 236 g/mol. The highest BCUT2D eigenvalue weighted by Gasteiger charge is 2.40. The van der Waals surface area contributed by atoms with Gasteiger partial charge in [0.2, 0.25) is 0 Å². The molecule has 0 amide bonds. The van der Waals surface area contributed by atoms with Crippen molar-refractivity contribution in [3.05, 3.63) is 29.8 Å². The molecule has 1 saturated carbocycles. The van der Waals surface area contributed by atoms with E-state index in [1.165, 1.54) is 44.5 Å². The van der Waals surface area contributed by atoms with Gasteiger partial charge in [-0.15, -0.1) is 0 Å². The van der Waals surface area contributed by atoms with Crippen molar-refractivity contribution in [2.24, 2.45) is 0 Å². The maximum atomic E-state index is 5.26. The molecule has 1 aromatic rings. The van der Waals surface area contributed by atoms with E-state index >= 15 is 0 Å². The third-order valence-corrected chi connectivity index (χ3v) is 4.75. The molecule has 0 atom stereocenters. The number of nitrogens with zero attached hydrogens (tertiary/aromatic N) is 1. The first kappa shape index (κ1) is 12.9. The Morgan fingerprint density at radius 2 is 1.84 bits per heavy atom. The van der Waals surface area contributed by atoms with Crippen LogP contribution >= 0.6 is 0 Å². The van der Waals surface area contributed by atoms with Crippen molar-refractivity contribution < 1.29 is 4.74 Å². The number of hydrogen-bond acceptors (Lipinski definition) is 3. The Hall–Kier alpha value is -1.06. The van der Waals surface area contributed by atoms with E-state index in [1.54, 1.807) is 7.11 Å². The fourth-order valence-corrected chi connectivity index (χ4v) is 3.38. The monoisotopic (exact) mass is 260 g/mol. The fraction of sp³-hybridized carbons (Fsp3) is 0.625. The molecule has 1 aliphatic carbocycles. The average molecular weight is 260 g/mol. The number of methoxy groups -OCH3 is 1. The number of piperazine rings is 1. The summed E-state index contributed by atoms with van der Waals surface area (Å²) in [6.45, 7) is 5.88. The first-order valence-electron chi connectivity index (χ1n) is 7.40. The lowest BCUT2D eigenvalue weighted by atomic mass is 9.64. The highest BCUT2D eigenvalue weighted by molar-refractivity contribution is 5.34. The molecule has 0 spiro atoms. The van der Waals surface area contributed by atoms with Gasteiger partial charge in [-0.25, -0.2) is 0 Å². The Balaban J connectivity index is 1.73. The third-order valence-electron chi connectivity index (χ3n) is 4.75. The molecule has 19 heavy (non-hydrogen) atoms. The number of hydrogen-bond donors (Lipinski definition) is 1. The van der Waals surface area contributed by atoms with Crippen LogP contribution in [0.15, 0.2) is 24.3 Å². The smallest absolute Gasteiger partial charge is 0.118 e. The van der Waals surface area contributed by atoms with Crippen LogP contribution in [0.2, 0.25) is 0 Å². The van der Waals surface area contributed by atoms with Crippen molar-refractivity contribution in [2.75, 3.05) is 39.8 Å². The minimum Gasteiger partial charge on any atom is -0.497 e.